The Labute approximate surface area is 281 Å². The van der Waals surface area contributed by atoms with E-state index in [-0.39, 0.29) is 53.4 Å². The van der Waals surface area contributed by atoms with Gasteiger partial charge in [0.25, 0.3) is 0 Å². The van der Waals surface area contributed by atoms with Crippen molar-refractivity contribution < 1.29 is 31.9 Å². The minimum absolute atomic E-state index is 0.0461. The Morgan fingerprint density at radius 1 is 1.27 bits per heavy atom. The van der Waals surface area contributed by atoms with E-state index in [0.717, 1.165) is 4.57 Å². The summed E-state index contributed by atoms with van der Waals surface area (Å²) in [4.78, 5) is 35.3. The highest BCUT2D eigenvalue weighted by molar-refractivity contribution is 7.09. The molecular formula is C35H41F4N5O3S. The lowest BCUT2D eigenvalue weighted by molar-refractivity contribution is -0.154. The summed E-state index contributed by atoms with van der Waals surface area (Å²) in [5, 5.41) is 3.80. The number of aromatic nitrogens is 2. The van der Waals surface area contributed by atoms with E-state index >= 15 is 4.39 Å². The number of rotatable bonds is 5. The number of carbonyl (C=O) groups excluding carboxylic acids is 2. The molecule has 0 radical (unpaired) electrons. The molecule has 2 aromatic heterocycles. The Hall–Kier alpha value is -3.84. The molecule has 2 aliphatic heterocycles. The molecule has 1 unspecified atom stereocenters. The molecule has 1 saturated heterocycles. The summed E-state index contributed by atoms with van der Waals surface area (Å²) < 4.78 is 66.4. The third-order valence-corrected chi connectivity index (χ3v) is 9.28. The largest absolute Gasteiger partial charge is 0.464 e. The standard InChI is InChI=1S/C35H41F4N5O3S/c1-20(2)16-40-25(21(3)4)14-28-23-15-34(5,6)19-47-33(46)24-8-7-13-44(42-24)30(45)12-11-29-41-26(17-48-29)22-9-10-27(31(23)32(22)36)43(28)18-35(37,38)39/h9-10,14,16-17,21,24,42H,1,7-8,11-13,15,18-19H2,2-6H3/b25-14+,40-16?. The number of nitrogens with one attached hydrogen (secondary N) is 1. The molecule has 0 spiro atoms. The highest BCUT2D eigenvalue weighted by Gasteiger charge is 2.35. The average Bonchev–Trinajstić information content (AvgIpc) is 3.58. The summed E-state index contributed by atoms with van der Waals surface area (Å²) in [7, 11) is 0. The van der Waals surface area contributed by atoms with Crippen LogP contribution in [0.1, 0.15) is 70.1 Å². The van der Waals surface area contributed by atoms with Crippen LogP contribution >= 0.6 is 11.3 Å². The van der Waals surface area contributed by atoms with E-state index in [4.69, 9.17) is 4.74 Å². The van der Waals surface area contributed by atoms with Crippen LogP contribution in [-0.2, 0) is 33.7 Å². The van der Waals surface area contributed by atoms with Gasteiger partial charge in [0.1, 0.15) is 18.4 Å². The first-order valence-electron chi connectivity index (χ1n) is 16.0. The van der Waals surface area contributed by atoms with Crippen molar-refractivity contribution >= 4 is 46.4 Å². The fraction of sp³-hybridized carbons (Fsp3) is 0.486. The molecule has 3 aromatic rings. The molecule has 1 fully saturated rings. The Morgan fingerprint density at radius 3 is 2.71 bits per heavy atom. The number of benzene rings is 1. The topological polar surface area (TPSA) is 88.8 Å². The maximum atomic E-state index is 16.9. The number of cyclic esters (lactones) is 1. The molecule has 0 aliphatic carbocycles. The van der Waals surface area contributed by atoms with Crippen molar-refractivity contribution in [2.45, 2.75) is 85.5 Å². The maximum Gasteiger partial charge on any atom is 0.406 e. The van der Waals surface area contributed by atoms with Gasteiger partial charge in [-0.3, -0.25) is 19.6 Å². The number of aryl methyl sites for hydroxylation is 1. The zero-order chi connectivity index (χ0) is 35.0. The summed E-state index contributed by atoms with van der Waals surface area (Å²) in [6, 6.07) is 2.23. The Bertz CT molecular complexity index is 1790. The summed E-state index contributed by atoms with van der Waals surface area (Å²) in [5.41, 5.74) is 4.43. The van der Waals surface area contributed by atoms with Gasteiger partial charge in [-0.25, -0.2) is 14.8 Å². The van der Waals surface area contributed by atoms with Crippen molar-refractivity contribution in [3.8, 4) is 11.3 Å². The molecule has 48 heavy (non-hydrogen) atoms. The van der Waals surface area contributed by atoms with Crippen LogP contribution in [0.5, 0.6) is 0 Å². The van der Waals surface area contributed by atoms with Crippen LogP contribution in [0.2, 0.25) is 0 Å². The van der Waals surface area contributed by atoms with Gasteiger partial charge >= 0.3 is 12.1 Å². The molecule has 13 heteroatoms. The van der Waals surface area contributed by atoms with E-state index in [1.165, 1.54) is 28.5 Å². The smallest absolute Gasteiger partial charge is 0.406 e. The number of carbonyl (C=O) groups is 2. The highest BCUT2D eigenvalue weighted by atomic mass is 32.1. The minimum Gasteiger partial charge on any atom is -0.464 e. The number of fused-ring (bicyclic) bond motifs is 6. The molecule has 1 aromatic carbocycles. The van der Waals surface area contributed by atoms with E-state index in [1.807, 2.05) is 27.7 Å². The number of nitrogens with zero attached hydrogens (tertiary/aromatic N) is 4. The predicted molar refractivity (Wildman–Crippen MR) is 180 cm³/mol. The van der Waals surface area contributed by atoms with E-state index in [0.29, 0.717) is 53.3 Å². The van der Waals surface area contributed by atoms with Crippen molar-refractivity contribution in [1.82, 2.24) is 20.0 Å². The molecular weight excluding hydrogens is 646 g/mol. The van der Waals surface area contributed by atoms with E-state index < -0.39 is 36.0 Å². The Balaban J connectivity index is 1.75. The number of hydrogen-bond donors (Lipinski definition) is 1. The fourth-order valence-corrected chi connectivity index (χ4v) is 6.80. The molecule has 2 aliphatic rings. The maximum absolute atomic E-state index is 16.9. The lowest BCUT2D eigenvalue weighted by Crippen LogP contribution is -2.55. The normalized spacial score (nSPS) is 19.7. The van der Waals surface area contributed by atoms with Crippen molar-refractivity contribution in [3.05, 3.63) is 57.4 Å². The third-order valence-electron chi connectivity index (χ3n) is 8.37. The van der Waals surface area contributed by atoms with Gasteiger partial charge < -0.3 is 9.30 Å². The summed E-state index contributed by atoms with van der Waals surface area (Å²) in [6.07, 6.45) is 0.138. The molecule has 5 rings (SSSR count). The number of amides is 1. The van der Waals surface area contributed by atoms with Crippen LogP contribution in [0, 0.1) is 17.2 Å². The Morgan fingerprint density at radius 2 is 2.02 bits per heavy atom. The molecule has 1 atom stereocenters. The fourth-order valence-electron chi connectivity index (χ4n) is 6.00. The summed E-state index contributed by atoms with van der Waals surface area (Å²) >= 11 is 1.28. The van der Waals surface area contributed by atoms with Crippen LogP contribution in [0.3, 0.4) is 0 Å². The first kappa shape index (κ1) is 35.5. The van der Waals surface area contributed by atoms with Gasteiger partial charge in [-0.15, -0.1) is 11.3 Å². The number of hydrazine groups is 1. The zero-order valence-electron chi connectivity index (χ0n) is 27.8. The minimum atomic E-state index is -4.61. The summed E-state index contributed by atoms with van der Waals surface area (Å²) in [6.45, 7) is 12.0. The zero-order valence-corrected chi connectivity index (χ0v) is 28.7. The molecule has 258 valence electrons. The van der Waals surface area contributed by atoms with E-state index in [9.17, 15) is 22.8 Å². The monoisotopic (exact) mass is 687 g/mol. The highest BCUT2D eigenvalue weighted by Crippen LogP contribution is 2.40. The molecule has 1 N–H and O–H groups in total. The number of esters is 1. The van der Waals surface area contributed by atoms with Crippen LogP contribution in [-0.4, -0.2) is 58.0 Å². The number of allylic oxidation sites excluding steroid dienone is 2. The lowest BCUT2D eigenvalue weighted by atomic mass is 9.84. The molecule has 6 bridgehead atoms. The van der Waals surface area contributed by atoms with Gasteiger partial charge in [-0.05, 0) is 61.4 Å². The second-order valence-corrected chi connectivity index (χ2v) is 14.6. The van der Waals surface area contributed by atoms with Crippen molar-refractivity contribution in [2.75, 3.05) is 13.2 Å². The second-order valence-electron chi connectivity index (χ2n) is 13.7. The molecule has 1 amide bonds. The number of thiazole rings is 1. The van der Waals surface area contributed by atoms with E-state index in [2.05, 4.69) is 22.0 Å². The average molecular weight is 688 g/mol. The molecule has 8 nitrogen and oxygen atoms in total. The Kier molecular flexibility index (Phi) is 10.3. The van der Waals surface area contributed by atoms with Crippen LogP contribution in [0.4, 0.5) is 17.6 Å². The first-order valence-corrected chi connectivity index (χ1v) is 16.9. The third kappa shape index (κ3) is 8.06. The number of hydrogen-bond acceptors (Lipinski definition) is 7. The van der Waals surface area contributed by atoms with Crippen LogP contribution in [0.25, 0.3) is 28.2 Å². The molecule has 4 heterocycles. The summed E-state index contributed by atoms with van der Waals surface area (Å²) in [5.74, 6) is -1.60. The van der Waals surface area contributed by atoms with Gasteiger partial charge in [-0.1, -0.05) is 34.3 Å². The van der Waals surface area contributed by atoms with Gasteiger partial charge in [0.15, 0.2) is 0 Å². The number of halogens is 4. The van der Waals surface area contributed by atoms with Gasteiger partial charge in [0.2, 0.25) is 5.91 Å². The predicted octanol–water partition coefficient (Wildman–Crippen LogP) is 7.66. The van der Waals surface area contributed by atoms with Crippen molar-refractivity contribution in [3.63, 3.8) is 0 Å². The number of aliphatic imine (C=N–C) groups is 1. The SMILES string of the molecule is C=C(C)C=N/C(=C/c1c2c3c(F)c(ccc3n1CC(F)(F)F)-c1csc(n1)CCC(=O)N1CCCC(N1)C(=O)OCC(C)(C)C2)C(C)C. The van der Waals surface area contributed by atoms with Gasteiger partial charge in [-0.2, -0.15) is 13.2 Å². The lowest BCUT2D eigenvalue weighted by Gasteiger charge is -2.33. The first-order chi connectivity index (χ1) is 22.5. The van der Waals surface area contributed by atoms with Gasteiger partial charge in [0.05, 0.1) is 22.8 Å². The van der Waals surface area contributed by atoms with Crippen LogP contribution < -0.4 is 5.43 Å². The van der Waals surface area contributed by atoms with Crippen LogP contribution in [0.15, 0.2) is 40.4 Å². The number of ether oxygens (including phenoxy) is 1. The quantitative estimate of drug-likeness (QED) is 0.169. The van der Waals surface area contributed by atoms with E-state index in [1.54, 1.807) is 24.6 Å². The van der Waals surface area contributed by atoms with Crippen molar-refractivity contribution in [1.29, 1.82) is 0 Å². The molecule has 0 saturated carbocycles. The second kappa shape index (κ2) is 13.9. The van der Waals surface area contributed by atoms with Gasteiger partial charge in [0, 0.05) is 58.7 Å². The van der Waals surface area contributed by atoms with Crippen molar-refractivity contribution in [2.24, 2.45) is 16.3 Å². The number of alkyl halides is 3.